The minimum absolute atomic E-state index is 0.536. The summed E-state index contributed by atoms with van der Waals surface area (Å²) in [4.78, 5) is 4.34. The van der Waals surface area contributed by atoms with Crippen LogP contribution in [-0.2, 0) is 0 Å². The Labute approximate surface area is 98.3 Å². The van der Waals surface area contributed by atoms with Gasteiger partial charge in [-0.15, -0.1) is 0 Å². The molecule has 0 aliphatic carbocycles. The highest BCUT2D eigenvalue weighted by atomic mass is 15.1. The molecule has 1 fully saturated rings. The van der Waals surface area contributed by atoms with E-state index in [-0.39, 0.29) is 0 Å². The lowest BCUT2D eigenvalue weighted by Crippen LogP contribution is -2.19. The number of nitrogens with zero attached hydrogens (tertiary/aromatic N) is 2. The van der Waals surface area contributed by atoms with Crippen LogP contribution in [0.3, 0.4) is 0 Å². The maximum atomic E-state index is 4.34. The highest BCUT2D eigenvalue weighted by Gasteiger charge is 2.22. The first-order valence-electron chi connectivity index (χ1n) is 6.61. The third-order valence-electron chi connectivity index (χ3n) is 3.60. The molecule has 1 aromatic rings. The topological polar surface area (TPSA) is 29.9 Å². The lowest BCUT2D eigenvalue weighted by atomic mass is 10.1. The Morgan fingerprint density at radius 1 is 1.56 bits per heavy atom. The molecule has 3 heteroatoms. The summed E-state index contributed by atoms with van der Waals surface area (Å²) in [6.45, 7) is 5.68. The zero-order valence-electron chi connectivity index (χ0n) is 10.4. The molecule has 0 spiro atoms. The first-order valence-corrected chi connectivity index (χ1v) is 6.61. The molecular formula is C13H23N3. The van der Waals surface area contributed by atoms with Gasteiger partial charge in [-0.3, -0.25) is 0 Å². The zero-order valence-corrected chi connectivity index (χ0v) is 10.4. The van der Waals surface area contributed by atoms with Gasteiger partial charge in [0.1, 0.15) is 0 Å². The van der Waals surface area contributed by atoms with Crippen LogP contribution < -0.4 is 5.32 Å². The van der Waals surface area contributed by atoms with E-state index in [2.05, 4.69) is 28.7 Å². The first kappa shape index (κ1) is 11.6. The average Bonchev–Trinajstić information content (AvgIpc) is 2.94. The van der Waals surface area contributed by atoms with Crippen molar-refractivity contribution < 1.29 is 0 Å². The van der Waals surface area contributed by atoms with Crippen LogP contribution in [0.25, 0.3) is 0 Å². The van der Waals surface area contributed by atoms with E-state index < -0.39 is 0 Å². The van der Waals surface area contributed by atoms with E-state index in [0.29, 0.717) is 12.1 Å². The van der Waals surface area contributed by atoms with Crippen molar-refractivity contribution in [1.82, 2.24) is 14.9 Å². The van der Waals surface area contributed by atoms with Crippen molar-refractivity contribution in [2.45, 2.75) is 58.0 Å². The fraction of sp³-hybridized carbons (Fsp3) is 0.769. The molecule has 2 unspecified atom stereocenters. The molecule has 0 aromatic carbocycles. The number of nitrogens with one attached hydrogen (secondary N) is 1. The largest absolute Gasteiger partial charge is 0.330 e. The fourth-order valence-corrected chi connectivity index (χ4v) is 2.70. The van der Waals surface area contributed by atoms with E-state index >= 15 is 0 Å². The molecule has 1 aliphatic rings. The fourth-order valence-electron chi connectivity index (χ4n) is 2.70. The van der Waals surface area contributed by atoms with Crippen molar-refractivity contribution in [2.24, 2.45) is 0 Å². The van der Waals surface area contributed by atoms with Gasteiger partial charge in [0, 0.05) is 18.3 Å². The number of hydrogen-bond acceptors (Lipinski definition) is 2. The van der Waals surface area contributed by atoms with Crippen LogP contribution in [0.15, 0.2) is 12.5 Å². The Morgan fingerprint density at radius 3 is 3.06 bits per heavy atom. The van der Waals surface area contributed by atoms with Crippen molar-refractivity contribution in [3.05, 3.63) is 18.2 Å². The number of rotatable bonds is 5. The molecule has 16 heavy (non-hydrogen) atoms. The Balaban J connectivity index is 2.16. The van der Waals surface area contributed by atoms with Crippen molar-refractivity contribution in [2.75, 3.05) is 6.54 Å². The predicted octanol–water partition coefficient (Wildman–Crippen LogP) is 3.06. The maximum Gasteiger partial charge on any atom is 0.0951 e. The lowest BCUT2D eigenvalue weighted by molar-refractivity contribution is 0.419. The SMILES string of the molecule is CCCC(CC)n1cncc1C1CCCN1. The average molecular weight is 221 g/mol. The van der Waals surface area contributed by atoms with Gasteiger partial charge in [-0.1, -0.05) is 20.3 Å². The molecule has 1 aliphatic heterocycles. The minimum Gasteiger partial charge on any atom is -0.330 e. The molecule has 2 heterocycles. The third-order valence-corrected chi connectivity index (χ3v) is 3.60. The van der Waals surface area contributed by atoms with Crippen molar-refractivity contribution in [1.29, 1.82) is 0 Å². The highest BCUT2D eigenvalue weighted by molar-refractivity contribution is 5.08. The van der Waals surface area contributed by atoms with Crippen LogP contribution in [0.1, 0.15) is 63.7 Å². The molecule has 0 bridgehead atoms. The Morgan fingerprint density at radius 2 is 2.44 bits per heavy atom. The molecule has 1 saturated heterocycles. The van der Waals surface area contributed by atoms with Crippen LogP contribution >= 0.6 is 0 Å². The van der Waals surface area contributed by atoms with E-state index in [1.807, 2.05) is 12.5 Å². The summed E-state index contributed by atoms with van der Waals surface area (Å²) < 4.78 is 2.40. The van der Waals surface area contributed by atoms with Gasteiger partial charge >= 0.3 is 0 Å². The summed E-state index contributed by atoms with van der Waals surface area (Å²) in [6, 6.07) is 1.17. The van der Waals surface area contributed by atoms with E-state index in [4.69, 9.17) is 0 Å². The Hall–Kier alpha value is -0.830. The number of hydrogen-bond donors (Lipinski definition) is 1. The standard InChI is InChI=1S/C13H23N3/c1-3-6-11(4-2)16-10-14-9-13(16)12-7-5-8-15-12/h9-12,15H,3-8H2,1-2H3. The molecule has 0 amide bonds. The number of imidazole rings is 1. The van der Waals surface area contributed by atoms with Gasteiger partial charge in [-0.05, 0) is 32.2 Å². The van der Waals surface area contributed by atoms with Crippen LogP contribution in [0, 0.1) is 0 Å². The van der Waals surface area contributed by atoms with E-state index in [1.54, 1.807) is 0 Å². The minimum atomic E-state index is 0.536. The molecular weight excluding hydrogens is 198 g/mol. The summed E-state index contributed by atoms with van der Waals surface area (Å²) in [5.74, 6) is 0. The summed E-state index contributed by atoms with van der Waals surface area (Å²) in [5.41, 5.74) is 1.39. The molecule has 1 aromatic heterocycles. The summed E-state index contributed by atoms with van der Waals surface area (Å²) in [5, 5.41) is 3.56. The third kappa shape index (κ3) is 2.29. The quantitative estimate of drug-likeness (QED) is 0.828. The second-order valence-electron chi connectivity index (χ2n) is 4.73. The molecule has 1 N–H and O–H groups in total. The Kier molecular flexibility index (Phi) is 3.99. The summed E-state index contributed by atoms with van der Waals surface area (Å²) in [7, 11) is 0. The van der Waals surface area contributed by atoms with Crippen molar-refractivity contribution in [3.63, 3.8) is 0 Å². The van der Waals surface area contributed by atoms with Crippen LogP contribution in [-0.4, -0.2) is 16.1 Å². The van der Waals surface area contributed by atoms with Gasteiger partial charge in [0.25, 0.3) is 0 Å². The normalized spacial score (nSPS) is 22.5. The molecule has 0 saturated carbocycles. The van der Waals surface area contributed by atoms with E-state index in [0.717, 1.165) is 6.54 Å². The molecule has 2 rings (SSSR count). The predicted molar refractivity (Wildman–Crippen MR) is 66.4 cm³/mol. The van der Waals surface area contributed by atoms with Gasteiger partial charge in [-0.25, -0.2) is 4.98 Å². The smallest absolute Gasteiger partial charge is 0.0951 e. The second-order valence-corrected chi connectivity index (χ2v) is 4.73. The van der Waals surface area contributed by atoms with Gasteiger partial charge < -0.3 is 9.88 Å². The molecule has 2 atom stereocenters. The van der Waals surface area contributed by atoms with Crippen molar-refractivity contribution in [3.8, 4) is 0 Å². The van der Waals surface area contributed by atoms with Gasteiger partial charge in [0.2, 0.25) is 0 Å². The van der Waals surface area contributed by atoms with Crippen molar-refractivity contribution >= 4 is 0 Å². The molecule has 90 valence electrons. The molecule has 0 radical (unpaired) electrons. The Bertz CT molecular complexity index is 313. The zero-order chi connectivity index (χ0) is 11.4. The maximum absolute atomic E-state index is 4.34. The highest BCUT2D eigenvalue weighted by Crippen LogP contribution is 2.27. The van der Waals surface area contributed by atoms with E-state index in [1.165, 1.54) is 37.8 Å². The van der Waals surface area contributed by atoms with Gasteiger partial charge in [-0.2, -0.15) is 0 Å². The number of aromatic nitrogens is 2. The first-order chi connectivity index (χ1) is 7.86. The summed E-state index contributed by atoms with van der Waals surface area (Å²) in [6.07, 6.45) is 10.3. The van der Waals surface area contributed by atoms with Gasteiger partial charge in [0.15, 0.2) is 0 Å². The van der Waals surface area contributed by atoms with Gasteiger partial charge in [0.05, 0.1) is 12.0 Å². The lowest BCUT2D eigenvalue weighted by Gasteiger charge is -2.21. The van der Waals surface area contributed by atoms with E-state index in [9.17, 15) is 0 Å². The van der Waals surface area contributed by atoms with Crippen LogP contribution in [0.4, 0.5) is 0 Å². The molecule has 3 nitrogen and oxygen atoms in total. The monoisotopic (exact) mass is 221 g/mol. The summed E-state index contributed by atoms with van der Waals surface area (Å²) >= 11 is 0. The van der Waals surface area contributed by atoms with Crippen LogP contribution in [0.5, 0.6) is 0 Å². The van der Waals surface area contributed by atoms with Crippen LogP contribution in [0.2, 0.25) is 0 Å². The second kappa shape index (κ2) is 5.48.